The van der Waals surface area contributed by atoms with Gasteiger partial charge in [0.05, 0.1) is 5.01 Å². The number of imidazole rings is 1. The van der Waals surface area contributed by atoms with Crippen molar-refractivity contribution in [1.82, 2.24) is 19.4 Å². The fourth-order valence-corrected chi connectivity index (χ4v) is 4.04. The molecular weight excluding hydrogens is 272 g/mol. The molecular formula is C14H16N4OS. The van der Waals surface area contributed by atoms with E-state index in [2.05, 4.69) is 14.5 Å². The summed E-state index contributed by atoms with van der Waals surface area (Å²) in [4.78, 5) is 23.3. The van der Waals surface area contributed by atoms with E-state index in [1.54, 1.807) is 0 Å². The van der Waals surface area contributed by atoms with Gasteiger partial charge in [-0.1, -0.05) is 0 Å². The maximum absolute atomic E-state index is 12.5. The Morgan fingerprint density at radius 2 is 2.25 bits per heavy atom. The van der Waals surface area contributed by atoms with Crippen LogP contribution in [0.1, 0.15) is 34.2 Å². The third-order valence-electron chi connectivity index (χ3n) is 4.50. The average molecular weight is 288 g/mol. The SMILES string of the molecule is Cc1nc(C(=O)N2CC[C@@]3(CCn4ccnc43)C2)cs1. The van der Waals surface area contributed by atoms with E-state index in [-0.39, 0.29) is 11.3 Å². The number of carbonyl (C=O) groups excluding carboxylic acids is 1. The van der Waals surface area contributed by atoms with E-state index >= 15 is 0 Å². The highest BCUT2D eigenvalue weighted by atomic mass is 32.1. The Hall–Kier alpha value is -1.69. The minimum Gasteiger partial charge on any atom is -0.336 e. The van der Waals surface area contributed by atoms with Gasteiger partial charge in [0.25, 0.3) is 5.91 Å². The number of hydrogen-bond donors (Lipinski definition) is 0. The molecule has 2 aliphatic heterocycles. The van der Waals surface area contributed by atoms with Gasteiger partial charge in [-0.3, -0.25) is 4.79 Å². The second-order valence-electron chi connectivity index (χ2n) is 5.70. The van der Waals surface area contributed by atoms with Crippen molar-refractivity contribution < 1.29 is 4.79 Å². The lowest BCUT2D eigenvalue weighted by atomic mass is 9.85. The van der Waals surface area contributed by atoms with Gasteiger partial charge >= 0.3 is 0 Å². The smallest absolute Gasteiger partial charge is 0.273 e. The van der Waals surface area contributed by atoms with E-state index < -0.39 is 0 Å². The van der Waals surface area contributed by atoms with Gasteiger partial charge in [-0.25, -0.2) is 9.97 Å². The summed E-state index contributed by atoms with van der Waals surface area (Å²) < 4.78 is 2.22. The first kappa shape index (κ1) is 12.1. The lowest BCUT2D eigenvalue weighted by Crippen LogP contribution is -2.33. The van der Waals surface area contributed by atoms with Crippen LogP contribution in [-0.4, -0.2) is 38.4 Å². The molecule has 2 aromatic rings. The molecule has 5 nitrogen and oxygen atoms in total. The number of rotatable bonds is 1. The van der Waals surface area contributed by atoms with Gasteiger partial charge in [0.15, 0.2) is 0 Å². The highest BCUT2D eigenvalue weighted by Crippen LogP contribution is 2.41. The number of likely N-dealkylation sites (tertiary alicyclic amines) is 1. The lowest BCUT2D eigenvalue weighted by Gasteiger charge is -2.22. The van der Waals surface area contributed by atoms with E-state index in [9.17, 15) is 4.79 Å². The molecule has 0 radical (unpaired) electrons. The molecule has 1 atom stereocenters. The predicted octanol–water partition coefficient (Wildman–Crippen LogP) is 1.84. The summed E-state index contributed by atoms with van der Waals surface area (Å²) in [6.07, 6.45) is 6.01. The van der Waals surface area contributed by atoms with Crippen molar-refractivity contribution in [3.8, 4) is 0 Å². The van der Waals surface area contributed by atoms with E-state index in [1.807, 2.05) is 29.6 Å². The maximum Gasteiger partial charge on any atom is 0.273 e. The lowest BCUT2D eigenvalue weighted by molar-refractivity contribution is 0.0778. The van der Waals surface area contributed by atoms with E-state index in [4.69, 9.17) is 0 Å². The van der Waals surface area contributed by atoms with E-state index in [0.717, 1.165) is 43.3 Å². The summed E-state index contributed by atoms with van der Waals surface area (Å²) in [5, 5.41) is 2.80. The zero-order chi connectivity index (χ0) is 13.7. The van der Waals surface area contributed by atoms with Crippen LogP contribution in [0.2, 0.25) is 0 Å². The Morgan fingerprint density at radius 1 is 1.40 bits per heavy atom. The molecule has 6 heteroatoms. The second kappa shape index (κ2) is 4.15. The molecule has 0 N–H and O–H groups in total. The normalized spacial score (nSPS) is 24.6. The van der Waals surface area contributed by atoms with Gasteiger partial charge in [-0.05, 0) is 19.8 Å². The minimum absolute atomic E-state index is 0.0660. The summed E-state index contributed by atoms with van der Waals surface area (Å²) in [5.41, 5.74) is 0.662. The fraction of sp³-hybridized carbons (Fsp3) is 0.500. The van der Waals surface area contributed by atoms with Crippen molar-refractivity contribution in [1.29, 1.82) is 0 Å². The topological polar surface area (TPSA) is 51.0 Å². The molecule has 2 aliphatic rings. The monoisotopic (exact) mass is 288 g/mol. The molecule has 4 rings (SSSR count). The van der Waals surface area contributed by atoms with Gasteiger partial charge < -0.3 is 9.47 Å². The maximum atomic E-state index is 12.5. The van der Waals surface area contributed by atoms with E-state index in [1.165, 1.54) is 11.3 Å². The van der Waals surface area contributed by atoms with Gasteiger partial charge in [0.2, 0.25) is 0 Å². The van der Waals surface area contributed by atoms with Crippen LogP contribution in [0, 0.1) is 6.92 Å². The quantitative estimate of drug-likeness (QED) is 0.804. The molecule has 0 unspecified atom stereocenters. The highest BCUT2D eigenvalue weighted by molar-refractivity contribution is 7.09. The van der Waals surface area contributed by atoms with Crippen LogP contribution >= 0.6 is 11.3 Å². The highest BCUT2D eigenvalue weighted by Gasteiger charge is 2.47. The number of aromatic nitrogens is 3. The first-order valence-electron chi connectivity index (χ1n) is 6.91. The van der Waals surface area contributed by atoms with Crippen molar-refractivity contribution >= 4 is 17.2 Å². The van der Waals surface area contributed by atoms with Crippen molar-refractivity contribution in [2.45, 2.75) is 31.7 Å². The molecule has 0 bridgehead atoms. The van der Waals surface area contributed by atoms with Crippen molar-refractivity contribution in [3.05, 3.63) is 34.3 Å². The summed E-state index contributed by atoms with van der Waals surface area (Å²) in [5.74, 6) is 1.22. The molecule has 104 valence electrons. The van der Waals surface area contributed by atoms with Crippen LogP contribution in [0.3, 0.4) is 0 Å². The largest absolute Gasteiger partial charge is 0.336 e. The molecule has 2 aromatic heterocycles. The van der Waals surface area contributed by atoms with Crippen LogP contribution in [0.5, 0.6) is 0 Å². The van der Waals surface area contributed by atoms with Gasteiger partial charge in [0, 0.05) is 42.8 Å². The third-order valence-corrected chi connectivity index (χ3v) is 5.27. The number of fused-ring (bicyclic) bond motifs is 2. The number of thiazole rings is 1. The molecule has 0 aromatic carbocycles. The minimum atomic E-state index is 0.0660. The van der Waals surface area contributed by atoms with Gasteiger partial charge in [-0.15, -0.1) is 11.3 Å². The molecule has 20 heavy (non-hydrogen) atoms. The predicted molar refractivity (Wildman–Crippen MR) is 75.9 cm³/mol. The Labute approximate surface area is 121 Å². The molecule has 4 heterocycles. The van der Waals surface area contributed by atoms with Crippen LogP contribution < -0.4 is 0 Å². The van der Waals surface area contributed by atoms with Gasteiger partial charge in [-0.2, -0.15) is 0 Å². The first-order valence-corrected chi connectivity index (χ1v) is 7.79. The van der Waals surface area contributed by atoms with Crippen molar-refractivity contribution in [2.24, 2.45) is 0 Å². The summed E-state index contributed by atoms with van der Waals surface area (Å²) in [6.45, 7) is 4.54. The number of carbonyl (C=O) groups is 1. The summed E-state index contributed by atoms with van der Waals surface area (Å²) >= 11 is 1.53. The van der Waals surface area contributed by atoms with Gasteiger partial charge in [0.1, 0.15) is 11.5 Å². The summed E-state index contributed by atoms with van der Waals surface area (Å²) in [7, 11) is 0. The van der Waals surface area contributed by atoms with Crippen LogP contribution in [0.25, 0.3) is 0 Å². The zero-order valence-corrected chi connectivity index (χ0v) is 12.2. The Bertz CT molecular complexity index is 676. The standard InChI is InChI=1S/C14H16N4OS/c1-10-16-11(8-20-10)12(19)18-6-3-14(9-18)2-5-17-7-4-15-13(14)17/h4,7-8H,2-3,5-6,9H2,1H3/t14-/m0/s1. The molecule has 0 saturated carbocycles. The Morgan fingerprint density at radius 3 is 3.05 bits per heavy atom. The van der Waals surface area contributed by atoms with E-state index in [0.29, 0.717) is 5.69 Å². The number of hydrogen-bond acceptors (Lipinski definition) is 4. The van der Waals surface area contributed by atoms with Crippen LogP contribution in [-0.2, 0) is 12.0 Å². The molecule has 0 aliphatic carbocycles. The fourth-order valence-electron chi connectivity index (χ4n) is 3.45. The third kappa shape index (κ3) is 1.64. The average Bonchev–Trinajstić information content (AvgIpc) is 3.18. The van der Waals surface area contributed by atoms with Crippen LogP contribution in [0.4, 0.5) is 0 Å². The molecule has 1 fully saturated rings. The molecule has 1 spiro atoms. The second-order valence-corrected chi connectivity index (χ2v) is 6.77. The zero-order valence-electron chi connectivity index (χ0n) is 11.4. The Balaban J connectivity index is 1.58. The Kier molecular flexibility index (Phi) is 2.51. The molecule has 1 saturated heterocycles. The first-order chi connectivity index (χ1) is 9.68. The number of aryl methyl sites for hydroxylation is 2. The van der Waals surface area contributed by atoms with Crippen LogP contribution in [0.15, 0.2) is 17.8 Å². The van der Waals surface area contributed by atoms with Crippen molar-refractivity contribution in [3.63, 3.8) is 0 Å². The molecule has 1 amide bonds. The summed E-state index contributed by atoms with van der Waals surface area (Å²) in [6, 6.07) is 0. The number of amides is 1. The van der Waals surface area contributed by atoms with Crippen molar-refractivity contribution in [2.75, 3.05) is 13.1 Å². The number of nitrogens with zero attached hydrogens (tertiary/aromatic N) is 4.